The van der Waals surface area contributed by atoms with E-state index in [0.29, 0.717) is 16.9 Å². The first-order valence-corrected chi connectivity index (χ1v) is 7.07. The maximum Gasteiger partial charge on any atom is 0.291 e. The molecule has 0 unspecified atom stereocenters. The van der Waals surface area contributed by atoms with Crippen LogP contribution in [0.3, 0.4) is 0 Å². The van der Waals surface area contributed by atoms with E-state index in [-0.39, 0.29) is 11.5 Å². The molecule has 0 aliphatic rings. The second-order valence-corrected chi connectivity index (χ2v) is 6.10. The molecule has 2 aromatic rings. The molecular formula is C18H18N2O3. The van der Waals surface area contributed by atoms with E-state index in [1.54, 1.807) is 45.0 Å². The molecule has 0 bridgehead atoms. The van der Waals surface area contributed by atoms with E-state index in [0.717, 1.165) is 0 Å². The first-order chi connectivity index (χ1) is 10.8. The zero-order valence-corrected chi connectivity index (χ0v) is 13.3. The van der Waals surface area contributed by atoms with Crippen LogP contribution < -0.4 is 11.1 Å². The van der Waals surface area contributed by atoms with Gasteiger partial charge in [0, 0.05) is 22.9 Å². The lowest BCUT2D eigenvalue weighted by molar-refractivity contribution is -0.120. The van der Waals surface area contributed by atoms with Gasteiger partial charge in [-0.25, -0.2) is 0 Å². The number of furan rings is 1. The second-order valence-electron chi connectivity index (χ2n) is 6.10. The summed E-state index contributed by atoms with van der Waals surface area (Å²) < 4.78 is 5.19. The van der Waals surface area contributed by atoms with Crippen LogP contribution in [0.1, 0.15) is 36.9 Å². The average molecular weight is 310 g/mol. The Balaban J connectivity index is 2.07. The molecule has 118 valence electrons. The van der Waals surface area contributed by atoms with Crippen LogP contribution in [0, 0.1) is 17.3 Å². The molecule has 5 heteroatoms. The minimum Gasteiger partial charge on any atom is -0.458 e. The Morgan fingerprint density at radius 3 is 2.43 bits per heavy atom. The number of Topliss-reactive ketones (excluding diaryl/α,β-unsaturated/α-hetero) is 1. The minimum absolute atomic E-state index is 0.120. The van der Waals surface area contributed by atoms with Gasteiger partial charge in [0.1, 0.15) is 6.26 Å². The predicted molar refractivity (Wildman–Crippen MR) is 88.9 cm³/mol. The molecule has 3 N–H and O–H groups in total. The van der Waals surface area contributed by atoms with Crippen molar-refractivity contribution in [3.8, 4) is 11.8 Å². The molecule has 0 radical (unpaired) electrons. The molecule has 0 saturated carbocycles. The van der Waals surface area contributed by atoms with Crippen molar-refractivity contribution in [2.45, 2.75) is 20.8 Å². The van der Waals surface area contributed by atoms with E-state index >= 15 is 0 Å². The summed E-state index contributed by atoms with van der Waals surface area (Å²) in [4.78, 5) is 23.8. The number of benzene rings is 1. The molecule has 0 atom stereocenters. The van der Waals surface area contributed by atoms with Crippen molar-refractivity contribution in [1.82, 2.24) is 0 Å². The fourth-order valence-corrected chi connectivity index (χ4v) is 1.60. The zero-order chi connectivity index (χ0) is 17.0. The molecule has 0 saturated heterocycles. The lowest BCUT2D eigenvalue weighted by Gasteiger charge is -2.10. The highest BCUT2D eigenvalue weighted by Crippen LogP contribution is 2.15. The SMILES string of the molecule is CC(C)(C)C(=O)C#Cc1coc(C(=O)Nc2ccc(N)cc2)c1. The highest BCUT2D eigenvalue weighted by molar-refractivity contribution is 6.03. The van der Waals surface area contributed by atoms with Crippen molar-refractivity contribution in [2.24, 2.45) is 5.41 Å². The van der Waals surface area contributed by atoms with E-state index in [9.17, 15) is 9.59 Å². The standard InChI is InChI=1S/C18H18N2O3/c1-18(2,3)16(21)9-4-12-10-15(23-11-12)17(22)20-14-7-5-13(19)6-8-14/h5-8,10-11H,19H2,1-3H3,(H,20,22). The molecule has 23 heavy (non-hydrogen) atoms. The Bertz CT molecular complexity index is 784. The first kappa shape index (κ1) is 16.4. The van der Waals surface area contributed by atoms with Gasteiger partial charge in [0.15, 0.2) is 5.76 Å². The first-order valence-electron chi connectivity index (χ1n) is 7.07. The number of rotatable bonds is 2. The number of hydrogen-bond donors (Lipinski definition) is 2. The fourth-order valence-electron chi connectivity index (χ4n) is 1.60. The number of carbonyl (C=O) groups excluding carboxylic acids is 2. The summed E-state index contributed by atoms with van der Waals surface area (Å²) in [5.41, 5.74) is 6.76. The molecule has 0 spiro atoms. The van der Waals surface area contributed by atoms with Crippen LogP contribution in [0.2, 0.25) is 0 Å². The number of amides is 1. The smallest absolute Gasteiger partial charge is 0.291 e. The van der Waals surface area contributed by atoms with Gasteiger partial charge in [-0.2, -0.15) is 0 Å². The fraction of sp³-hybridized carbons (Fsp3) is 0.222. The number of nitrogen functional groups attached to an aromatic ring is 1. The number of nitrogens with two attached hydrogens (primary N) is 1. The van der Waals surface area contributed by atoms with Crippen LogP contribution in [-0.4, -0.2) is 11.7 Å². The monoisotopic (exact) mass is 310 g/mol. The Kier molecular flexibility index (Phi) is 4.56. The molecule has 1 amide bonds. The Labute approximate surface area is 134 Å². The van der Waals surface area contributed by atoms with Gasteiger partial charge in [-0.3, -0.25) is 9.59 Å². The van der Waals surface area contributed by atoms with Gasteiger partial charge in [-0.1, -0.05) is 26.7 Å². The number of ketones is 1. The summed E-state index contributed by atoms with van der Waals surface area (Å²) in [6.07, 6.45) is 1.35. The molecule has 1 heterocycles. The van der Waals surface area contributed by atoms with Crippen molar-refractivity contribution in [3.05, 3.63) is 47.9 Å². The van der Waals surface area contributed by atoms with Gasteiger partial charge >= 0.3 is 0 Å². The molecule has 5 nitrogen and oxygen atoms in total. The Morgan fingerprint density at radius 2 is 1.83 bits per heavy atom. The largest absolute Gasteiger partial charge is 0.458 e. The molecule has 2 rings (SSSR count). The quantitative estimate of drug-likeness (QED) is 0.659. The number of nitrogens with one attached hydrogen (secondary N) is 1. The van der Waals surface area contributed by atoms with E-state index in [4.69, 9.17) is 10.2 Å². The van der Waals surface area contributed by atoms with Gasteiger partial charge in [-0.15, -0.1) is 0 Å². The van der Waals surface area contributed by atoms with Gasteiger partial charge in [0.05, 0.1) is 5.56 Å². The van der Waals surface area contributed by atoms with Crippen LogP contribution in [0.5, 0.6) is 0 Å². The van der Waals surface area contributed by atoms with Crippen LogP contribution in [-0.2, 0) is 4.79 Å². The second kappa shape index (κ2) is 6.41. The van der Waals surface area contributed by atoms with Crippen LogP contribution in [0.25, 0.3) is 0 Å². The normalized spacial score (nSPS) is 10.6. The maximum atomic E-state index is 12.1. The van der Waals surface area contributed by atoms with Crippen LogP contribution in [0.4, 0.5) is 11.4 Å². The number of hydrogen-bond acceptors (Lipinski definition) is 4. The molecule has 1 aromatic heterocycles. The Morgan fingerprint density at radius 1 is 1.17 bits per heavy atom. The average Bonchev–Trinajstić information content (AvgIpc) is 2.95. The molecule has 0 fully saturated rings. The van der Waals surface area contributed by atoms with Gasteiger partial charge in [0.2, 0.25) is 5.78 Å². The van der Waals surface area contributed by atoms with Crippen LogP contribution in [0.15, 0.2) is 41.0 Å². The van der Waals surface area contributed by atoms with E-state index in [1.807, 2.05) is 0 Å². The molecule has 0 aliphatic carbocycles. The molecule has 0 aliphatic heterocycles. The number of carbonyl (C=O) groups is 2. The third-order valence-corrected chi connectivity index (χ3v) is 2.99. The maximum absolute atomic E-state index is 12.1. The van der Waals surface area contributed by atoms with E-state index in [1.165, 1.54) is 12.3 Å². The van der Waals surface area contributed by atoms with Crippen molar-refractivity contribution >= 4 is 23.1 Å². The summed E-state index contributed by atoms with van der Waals surface area (Å²) in [5, 5.41) is 2.68. The van der Waals surface area contributed by atoms with Crippen molar-refractivity contribution in [2.75, 3.05) is 11.1 Å². The van der Waals surface area contributed by atoms with Crippen molar-refractivity contribution in [3.63, 3.8) is 0 Å². The zero-order valence-electron chi connectivity index (χ0n) is 13.3. The lowest BCUT2D eigenvalue weighted by Crippen LogP contribution is -2.17. The summed E-state index contributed by atoms with van der Waals surface area (Å²) >= 11 is 0. The Hall–Kier alpha value is -3.00. The number of anilines is 2. The van der Waals surface area contributed by atoms with E-state index < -0.39 is 11.3 Å². The third-order valence-electron chi connectivity index (χ3n) is 2.99. The van der Waals surface area contributed by atoms with Gasteiger partial charge in [0.25, 0.3) is 5.91 Å². The van der Waals surface area contributed by atoms with Crippen molar-refractivity contribution < 1.29 is 14.0 Å². The lowest BCUT2D eigenvalue weighted by atomic mass is 9.91. The minimum atomic E-state index is -0.522. The highest BCUT2D eigenvalue weighted by Gasteiger charge is 2.19. The van der Waals surface area contributed by atoms with E-state index in [2.05, 4.69) is 17.2 Å². The molecular weight excluding hydrogens is 292 g/mol. The highest BCUT2D eigenvalue weighted by atomic mass is 16.3. The summed E-state index contributed by atoms with van der Waals surface area (Å²) in [7, 11) is 0. The summed E-state index contributed by atoms with van der Waals surface area (Å²) in [6, 6.07) is 8.26. The molecule has 1 aromatic carbocycles. The van der Waals surface area contributed by atoms with Gasteiger partial charge in [-0.05, 0) is 30.2 Å². The summed E-state index contributed by atoms with van der Waals surface area (Å²) in [5.74, 6) is 4.81. The third kappa shape index (κ3) is 4.48. The topological polar surface area (TPSA) is 85.3 Å². The predicted octanol–water partition coefficient (Wildman–Crippen LogP) is 3.08. The van der Waals surface area contributed by atoms with Crippen LogP contribution >= 0.6 is 0 Å². The van der Waals surface area contributed by atoms with Gasteiger partial charge < -0.3 is 15.5 Å². The summed E-state index contributed by atoms with van der Waals surface area (Å²) in [6.45, 7) is 5.39. The van der Waals surface area contributed by atoms with Crippen molar-refractivity contribution in [1.29, 1.82) is 0 Å².